The summed E-state index contributed by atoms with van der Waals surface area (Å²) in [6, 6.07) is 13.7. The zero-order valence-electron chi connectivity index (χ0n) is 18.9. The molecule has 0 fully saturated rings. The number of pyridine rings is 1. The van der Waals surface area contributed by atoms with Gasteiger partial charge in [-0.3, -0.25) is 9.88 Å². The first-order valence-electron chi connectivity index (χ1n) is 10.5. The van der Waals surface area contributed by atoms with Gasteiger partial charge in [-0.2, -0.15) is 0 Å². The van der Waals surface area contributed by atoms with Crippen LogP contribution in [0.3, 0.4) is 0 Å². The average molecular weight is 436 g/mol. The summed E-state index contributed by atoms with van der Waals surface area (Å²) in [7, 11) is 3.31. The quantitative estimate of drug-likeness (QED) is 0.638. The summed E-state index contributed by atoms with van der Waals surface area (Å²) in [6.45, 7) is 5.17. The van der Waals surface area contributed by atoms with Crippen LogP contribution in [0.15, 0.2) is 77.4 Å². The maximum absolute atomic E-state index is 13.2. The molecule has 1 aliphatic heterocycles. The van der Waals surface area contributed by atoms with Gasteiger partial charge in [-0.05, 0) is 38.1 Å². The number of hydrogen-bond donors (Lipinski definition) is 1. The van der Waals surface area contributed by atoms with Gasteiger partial charge >= 0.3 is 11.9 Å². The Morgan fingerprint density at radius 2 is 1.72 bits per heavy atom. The smallest absolute Gasteiger partial charge is 0.336 e. The number of rotatable bonds is 8. The third kappa shape index (κ3) is 5.42. The predicted octanol–water partition coefficient (Wildman–Crippen LogP) is 3.16. The minimum absolute atomic E-state index is 0.231. The Balaban J connectivity index is 1.75. The molecule has 0 aliphatic carbocycles. The van der Waals surface area contributed by atoms with Crippen molar-refractivity contribution in [3.63, 3.8) is 0 Å². The van der Waals surface area contributed by atoms with Crippen LogP contribution >= 0.6 is 0 Å². The molecule has 0 spiro atoms. The molecule has 168 valence electrons. The molecular weight excluding hydrogens is 406 g/mol. The number of methoxy groups -OCH3 is 1. The number of nitrogens with one attached hydrogen (secondary N) is 1. The summed E-state index contributed by atoms with van der Waals surface area (Å²) in [6.07, 6.45) is 3.30. The van der Waals surface area contributed by atoms with Crippen molar-refractivity contribution in [3.05, 3.63) is 88.5 Å². The van der Waals surface area contributed by atoms with Crippen molar-refractivity contribution < 1.29 is 19.1 Å². The van der Waals surface area contributed by atoms with Crippen LogP contribution in [-0.4, -0.2) is 49.1 Å². The van der Waals surface area contributed by atoms with Gasteiger partial charge in [0.15, 0.2) is 0 Å². The largest absolute Gasteiger partial charge is 0.466 e. The first-order chi connectivity index (χ1) is 15.4. The standard InChI is InChI=1S/C25H29N3O4/c1-17-21(24(29)31-4)23(20-11-8-12-26-15-20)22(18(2)27-17)25(30)32-14-13-28(3)16-19-9-6-5-7-10-19/h5-12,15,23,27H,13-14,16H2,1-4H3. The molecule has 2 aromatic rings. The zero-order valence-corrected chi connectivity index (χ0v) is 18.9. The number of ether oxygens (including phenoxy) is 2. The fraction of sp³-hybridized carbons (Fsp3) is 0.320. The topological polar surface area (TPSA) is 80.8 Å². The van der Waals surface area contributed by atoms with Gasteiger partial charge in [0.2, 0.25) is 0 Å². The Hall–Kier alpha value is -3.45. The molecule has 0 bridgehead atoms. The molecule has 1 atom stereocenters. The average Bonchev–Trinajstić information content (AvgIpc) is 2.79. The Morgan fingerprint density at radius 3 is 2.34 bits per heavy atom. The lowest BCUT2D eigenvalue weighted by Crippen LogP contribution is -2.33. The van der Waals surface area contributed by atoms with Crippen LogP contribution in [-0.2, 0) is 25.6 Å². The van der Waals surface area contributed by atoms with Gasteiger partial charge in [0.05, 0.1) is 24.2 Å². The lowest BCUT2D eigenvalue weighted by Gasteiger charge is -2.30. The lowest BCUT2D eigenvalue weighted by atomic mass is 9.81. The fourth-order valence-electron chi connectivity index (χ4n) is 3.87. The Morgan fingerprint density at radius 1 is 1.03 bits per heavy atom. The normalized spacial score (nSPS) is 16.1. The van der Waals surface area contributed by atoms with Gasteiger partial charge < -0.3 is 14.8 Å². The predicted molar refractivity (Wildman–Crippen MR) is 121 cm³/mol. The van der Waals surface area contributed by atoms with E-state index >= 15 is 0 Å². The Kier molecular flexibility index (Phi) is 7.78. The first kappa shape index (κ1) is 23.2. The molecule has 2 heterocycles. The van der Waals surface area contributed by atoms with E-state index in [4.69, 9.17) is 9.47 Å². The first-order valence-corrected chi connectivity index (χ1v) is 10.5. The molecule has 3 rings (SSSR count). The van der Waals surface area contributed by atoms with Gasteiger partial charge in [0.1, 0.15) is 6.61 Å². The Labute approximate surface area is 188 Å². The van der Waals surface area contributed by atoms with Crippen LogP contribution in [0.4, 0.5) is 0 Å². The number of benzene rings is 1. The molecule has 1 aromatic heterocycles. The molecule has 0 saturated heterocycles. The van der Waals surface area contributed by atoms with E-state index in [0.717, 1.165) is 12.1 Å². The van der Waals surface area contributed by atoms with Crippen LogP contribution in [0.2, 0.25) is 0 Å². The number of carbonyl (C=O) groups excluding carboxylic acids is 2. The molecule has 1 N–H and O–H groups in total. The van der Waals surface area contributed by atoms with E-state index in [1.807, 2.05) is 31.3 Å². The van der Waals surface area contributed by atoms with Crippen LogP contribution < -0.4 is 5.32 Å². The van der Waals surface area contributed by atoms with Crippen LogP contribution in [0.25, 0.3) is 0 Å². The minimum Gasteiger partial charge on any atom is -0.466 e. The van der Waals surface area contributed by atoms with E-state index in [1.54, 1.807) is 32.3 Å². The molecule has 32 heavy (non-hydrogen) atoms. The molecule has 0 amide bonds. The Bertz CT molecular complexity index is 1020. The van der Waals surface area contributed by atoms with Crippen molar-refractivity contribution in [3.8, 4) is 0 Å². The van der Waals surface area contributed by atoms with E-state index in [2.05, 4.69) is 27.3 Å². The highest BCUT2D eigenvalue weighted by atomic mass is 16.5. The highest BCUT2D eigenvalue weighted by molar-refractivity contribution is 5.99. The van der Waals surface area contributed by atoms with Gasteiger partial charge in [-0.15, -0.1) is 0 Å². The van der Waals surface area contributed by atoms with Crippen molar-refractivity contribution >= 4 is 11.9 Å². The third-order valence-corrected chi connectivity index (χ3v) is 5.40. The van der Waals surface area contributed by atoms with Gasteiger partial charge in [-0.1, -0.05) is 36.4 Å². The van der Waals surface area contributed by atoms with Crippen molar-refractivity contribution in [1.29, 1.82) is 0 Å². The summed E-state index contributed by atoms with van der Waals surface area (Å²) in [4.78, 5) is 32.0. The maximum atomic E-state index is 13.2. The summed E-state index contributed by atoms with van der Waals surface area (Å²) in [5.74, 6) is -1.58. The van der Waals surface area contributed by atoms with E-state index in [0.29, 0.717) is 29.1 Å². The highest BCUT2D eigenvalue weighted by Crippen LogP contribution is 2.38. The second-order valence-corrected chi connectivity index (χ2v) is 7.77. The molecule has 1 aromatic carbocycles. The zero-order chi connectivity index (χ0) is 23.1. The molecular formula is C25H29N3O4. The lowest BCUT2D eigenvalue weighted by molar-refractivity contribution is -0.139. The van der Waals surface area contributed by atoms with Crippen molar-refractivity contribution in [2.45, 2.75) is 26.3 Å². The number of nitrogens with zero attached hydrogens (tertiary/aromatic N) is 2. The summed E-state index contributed by atoms with van der Waals surface area (Å²) >= 11 is 0. The van der Waals surface area contributed by atoms with Crippen molar-refractivity contribution in [2.24, 2.45) is 0 Å². The van der Waals surface area contributed by atoms with Crippen LogP contribution in [0, 0.1) is 0 Å². The van der Waals surface area contributed by atoms with E-state index in [1.165, 1.54) is 12.7 Å². The van der Waals surface area contributed by atoms with E-state index < -0.39 is 17.9 Å². The number of carbonyl (C=O) groups is 2. The van der Waals surface area contributed by atoms with E-state index in [9.17, 15) is 9.59 Å². The van der Waals surface area contributed by atoms with Gasteiger partial charge in [0.25, 0.3) is 0 Å². The number of likely N-dealkylation sites (N-methyl/N-ethyl adjacent to an activating group) is 1. The number of allylic oxidation sites excluding steroid dienone is 2. The SMILES string of the molecule is COC(=O)C1=C(C)NC(C)=C(C(=O)OCCN(C)Cc2ccccc2)C1c1cccnc1. The summed E-state index contributed by atoms with van der Waals surface area (Å²) in [5.41, 5.74) is 3.96. The second-order valence-electron chi connectivity index (χ2n) is 7.77. The van der Waals surface area contributed by atoms with Gasteiger partial charge in [-0.25, -0.2) is 9.59 Å². The van der Waals surface area contributed by atoms with E-state index in [-0.39, 0.29) is 6.61 Å². The maximum Gasteiger partial charge on any atom is 0.336 e. The van der Waals surface area contributed by atoms with Gasteiger partial charge in [0, 0.05) is 36.9 Å². The number of dihydropyridines is 1. The second kappa shape index (κ2) is 10.7. The molecule has 0 saturated carbocycles. The molecule has 1 aliphatic rings. The highest BCUT2D eigenvalue weighted by Gasteiger charge is 2.37. The molecule has 7 nitrogen and oxygen atoms in total. The molecule has 7 heteroatoms. The molecule has 1 unspecified atom stereocenters. The fourth-order valence-corrected chi connectivity index (χ4v) is 3.87. The minimum atomic E-state index is -0.619. The third-order valence-electron chi connectivity index (χ3n) is 5.40. The monoisotopic (exact) mass is 435 g/mol. The number of aromatic nitrogens is 1. The summed E-state index contributed by atoms with van der Waals surface area (Å²) < 4.78 is 10.6. The van der Waals surface area contributed by atoms with Crippen LogP contribution in [0.1, 0.15) is 30.9 Å². The number of hydrogen-bond acceptors (Lipinski definition) is 7. The number of esters is 2. The molecule has 0 radical (unpaired) electrons. The summed E-state index contributed by atoms with van der Waals surface area (Å²) in [5, 5.41) is 3.13. The van der Waals surface area contributed by atoms with Crippen molar-refractivity contribution in [2.75, 3.05) is 27.3 Å². The van der Waals surface area contributed by atoms with Crippen molar-refractivity contribution in [1.82, 2.24) is 15.2 Å². The van der Waals surface area contributed by atoms with Crippen LogP contribution in [0.5, 0.6) is 0 Å².